The molecule has 0 amide bonds. The maximum Gasteiger partial charge on any atom is 0.258 e. The lowest BCUT2D eigenvalue weighted by atomic mass is 10.0. The van der Waals surface area contributed by atoms with Crippen molar-refractivity contribution in [2.75, 3.05) is 13.1 Å². The van der Waals surface area contributed by atoms with Crippen LogP contribution in [-0.2, 0) is 26.6 Å². The van der Waals surface area contributed by atoms with Crippen LogP contribution >= 0.6 is 12.4 Å². The molecular weight excluding hydrogens is 422 g/mol. The number of hydrogen-bond acceptors (Lipinski definition) is 3. The number of nitrogens with zero attached hydrogens (tertiary/aromatic N) is 3. The van der Waals surface area contributed by atoms with E-state index in [0.29, 0.717) is 12.4 Å². The fourth-order valence-corrected chi connectivity index (χ4v) is 4.52. The molecule has 5 rings (SSSR count). The summed E-state index contributed by atoms with van der Waals surface area (Å²) in [6.45, 7) is 5.82. The fraction of sp³-hybridized carbons (Fsp3) is 0.269. The molecule has 4 aromatic rings. The van der Waals surface area contributed by atoms with Gasteiger partial charge in [0.2, 0.25) is 0 Å². The first-order valence-electron chi connectivity index (χ1n) is 10.9. The Morgan fingerprint density at radius 1 is 1.03 bits per heavy atom. The molecule has 2 aromatic carbocycles. The van der Waals surface area contributed by atoms with Crippen LogP contribution in [-0.4, -0.2) is 27.1 Å². The van der Waals surface area contributed by atoms with Crippen molar-refractivity contribution in [2.45, 2.75) is 26.5 Å². The maximum atomic E-state index is 12.8. The van der Waals surface area contributed by atoms with Crippen molar-refractivity contribution in [3.63, 3.8) is 0 Å². The Morgan fingerprint density at radius 3 is 2.59 bits per heavy atom. The van der Waals surface area contributed by atoms with Crippen molar-refractivity contribution >= 4 is 23.3 Å². The minimum absolute atomic E-state index is 0. The highest BCUT2D eigenvalue weighted by Gasteiger charge is 2.22. The molecule has 3 heterocycles. The Bertz CT molecular complexity index is 1290. The van der Waals surface area contributed by atoms with E-state index >= 15 is 0 Å². The summed E-state index contributed by atoms with van der Waals surface area (Å²) in [6, 6.07) is 19.7. The zero-order chi connectivity index (χ0) is 21.4. The summed E-state index contributed by atoms with van der Waals surface area (Å²) in [4.78, 5) is 15.3. The van der Waals surface area contributed by atoms with Gasteiger partial charge in [0.05, 0.1) is 11.2 Å². The van der Waals surface area contributed by atoms with Crippen molar-refractivity contribution in [3.8, 4) is 11.4 Å². The first-order chi connectivity index (χ1) is 15.1. The number of hydrogen-bond donors (Lipinski definition) is 0. The summed E-state index contributed by atoms with van der Waals surface area (Å²) >= 11 is 0. The Hall–Kier alpha value is -3.02. The third-order valence-corrected chi connectivity index (χ3v) is 6.34. The molecule has 0 aliphatic carbocycles. The minimum atomic E-state index is -0.0963. The molecule has 0 saturated carbocycles. The van der Waals surface area contributed by atoms with E-state index in [-0.39, 0.29) is 18.0 Å². The molecule has 0 N–H and O–H groups in total. The average molecular weight is 450 g/mol. The van der Waals surface area contributed by atoms with Gasteiger partial charge in [-0.2, -0.15) is 0 Å². The van der Waals surface area contributed by atoms with E-state index in [0.717, 1.165) is 37.3 Å². The molecule has 0 spiro atoms. The molecule has 5 nitrogen and oxygen atoms in total. The summed E-state index contributed by atoms with van der Waals surface area (Å²) in [6.07, 6.45) is 2.87. The molecule has 1 aliphatic heterocycles. The van der Waals surface area contributed by atoms with Crippen LogP contribution in [0.5, 0.6) is 5.75 Å². The van der Waals surface area contributed by atoms with Gasteiger partial charge in [-0.3, -0.25) is 14.3 Å². The topological polar surface area (TPSA) is 39.4 Å². The smallest absolute Gasteiger partial charge is 0.258 e. The first-order valence-corrected chi connectivity index (χ1v) is 10.9. The second-order valence-corrected chi connectivity index (χ2v) is 8.15. The molecule has 6 heteroatoms. The van der Waals surface area contributed by atoms with E-state index in [9.17, 15) is 4.79 Å². The van der Waals surface area contributed by atoms with Gasteiger partial charge in [0.1, 0.15) is 12.4 Å². The summed E-state index contributed by atoms with van der Waals surface area (Å²) in [5, 5.41) is 1.30. The van der Waals surface area contributed by atoms with Crippen molar-refractivity contribution < 1.29 is 4.74 Å². The van der Waals surface area contributed by atoms with Gasteiger partial charge in [-0.1, -0.05) is 43.3 Å². The summed E-state index contributed by atoms with van der Waals surface area (Å²) < 4.78 is 9.78. The monoisotopic (exact) mass is 449 g/mol. The lowest BCUT2D eigenvalue weighted by molar-refractivity contribution is 0.262. The van der Waals surface area contributed by atoms with Crippen LogP contribution in [0.2, 0.25) is 0 Å². The van der Waals surface area contributed by atoms with E-state index in [1.54, 1.807) is 16.8 Å². The molecule has 166 valence electrons. The van der Waals surface area contributed by atoms with Crippen LogP contribution in [0.25, 0.3) is 16.6 Å². The van der Waals surface area contributed by atoms with Crippen LogP contribution in [0.15, 0.2) is 71.7 Å². The van der Waals surface area contributed by atoms with Crippen molar-refractivity contribution in [2.24, 2.45) is 7.05 Å². The minimum Gasteiger partial charge on any atom is -0.489 e. The zero-order valence-corrected chi connectivity index (χ0v) is 19.3. The van der Waals surface area contributed by atoms with E-state index in [2.05, 4.69) is 35.6 Å². The quantitative estimate of drug-likeness (QED) is 0.443. The van der Waals surface area contributed by atoms with Gasteiger partial charge in [0.15, 0.2) is 0 Å². The second-order valence-electron chi connectivity index (χ2n) is 8.15. The summed E-state index contributed by atoms with van der Waals surface area (Å²) in [5.41, 5.74) is 5.87. The standard InChI is InChI=1S/C26H27N3O2.ClH/c1-3-28-13-12-23-22-10-9-20(15-24(22)27(2)25(23)17-28)29-14-11-21(16-26(29)30)31-18-19-7-5-4-6-8-19;/h4-11,14-16H,3,12-13,17-18H2,1-2H3;1H. The van der Waals surface area contributed by atoms with Gasteiger partial charge in [-0.25, -0.2) is 0 Å². The Kier molecular flexibility index (Phi) is 6.40. The van der Waals surface area contributed by atoms with E-state index in [1.165, 1.54) is 22.2 Å². The summed E-state index contributed by atoms with van der Waals surface area (Å²) in [5.74, 6) is 0.583. The first kappa shape index (κ1) is 22.2. The lowest BCUT2D eigenvalue weighted by Crippen LogP contribution is -2.30. The van der Waals surface area contributed by atoms with Gasteiger partial charge in [0, 0.05) is 43.5 Å². The molecular formula is C26H28ClN3O2. The molecule has 0 fully saturated rings. The SMILES string of the molecule is CCN1CCc2c(n(C)c3cc(-n4ccc(OCc5ccccc5)cc4=O)ccc23)C1.Cl. The average Bonchev–Trinajstić information content (AvgIpc) is 3.09. The van der Waals surface area contributed by atoms with Crippen LogP contribution in [0, 0.1) is 0 Å². The van der Waals surface area contributed by atoms with Gasteiger partial charge in [0.25, 0.3) is 5.56 Å². The Morgan fingerprint density at radius 2 is 1.84 bits per heavy atom. The zero-order valence-electron chi connectivity index (χ0n) is 18.5. The highest BCUT2D eigenvalue weighted by Crippen LogP contribution is 2.31. The van der Waals surface area contributed by atoms with E-state index in [1.807, 2.05) is 42.5 Å². The maximum absolute atomic E-state index is 12.8. The molecule has 0 radical (unpaired) electrons. The second kappa shape index (κ2) is 9.23. The molecule has 0 saturated heterocycles. The number of ether oxygens (including phenoxy) is 1. The number of likely N-dealkylation sites (N-methyl/N-ethyl adjacent to an activating group) is 1. The normalized spacial score (nSPS) is 13.6. The van der Waals surface area contributed by atoms with E-state index in [4.69, 9.17) is 4.74 Å². The predicted molar refractivity (Wildman–Crippen MR) is 131 cm³/mol. The third-order valence-electron chi connectivity index (χ3n) is 6.34. The van der Waals surface area contributed by atoms with Gasteiger partial charge < -0.3 is 9.30 Å². The van der Waals surface area contributed by atoms with E-state index < -0.39 is 0 Å². The largest absolute Gasteiger partial charge is 0.489 e. The number of aromatic nitrogens is 2. The molecule has 0 unspecified atom stereocenters. The summed E-state index contributed by atoms with van der Waals surface area (Å²) in [7, 11) is 2.13. The van der Waals surface area contributed by atoms with Crippen LogP contribution in [0.4, 0.5) is 0 Å². The number of rotatable bonds is 5. The molecule has 32 heavy (non-hydrogen) atoms. The Balaban J connectivity index is 0.00000245. The van der Waals surface area contributed by atoms with Crippen LogP contribution in [0.1, 0.15) is 23.7 Å². The number of halogens is 1. The van der Waals surface area contributed by atoms with Gasteiger partial charge in [-0.05, 0) is 42.3 Å². The molecule has 0 bridgehead atoms. The van der Waals surface area contributed by atoms with Crippen molar-refractivity contribution in [1.82, 2.24) is 14.0 Å². The highest BCUT2D eigenvalue weighted by atomic mass is 35.5. The van der Waals surface area contributed by atoms with Crippen molar-refractivity contribution in [1.29, 1.82) is 0 Å². The highest BCUT2D eigenvalue weighted by molar-refractivity contribution is 5.87. The molecule has 2 aromatic heterocycles. The Labute approximate surface area is 194 Å². The lowest BCUT2D eigenvalue weighted by Gasteiger charge is -2.26. The van der Waals surface area contributed by atoms with Crippen LogP contribution < -0.4 is 10.3 Å². The number of aryl methyl sites for hydroxylation is 1. The van der Waals surface area contributed by atoms with Crippen LogP contribution in [0.3, 0.4) is 0 Å². The predicted octanol–water partition coefficient (Wildman–Crippen LogP) is 4.71. The third kappa shape index (κ3) is 4.06. The number of fused-ring (bicyclic) bond motifs is 3. The molecule has 0 atom stereocenters. The number of benzene rings is 2. The van der Waals surface area contributed by atoms with Gasteiger partial charge >= 0.3 is 0 Å². The van der Waals surface area contributed by atoms with Crippen molar-refractivity contribution in [3.05, 3.63) is 94.0 Å². The molecule has 1 aliphatic rings. The fourth-order valence-electron chi connectivity index (χ4n) is 4.52. The number of pyridine rings is 1. The van der Waals surface area contributed by atoms with Gasteiger partial charge in [-0.15, -0.1) is 12.4 Å².